The highest BCUT2D eigenvalue weighted by Crippen LogP contribution is 2.25. The summed E-state index contributed by atoms with van der Waals surface area (Å²) in [6, 6.07) is 7.24. The topological polar surface area (TPSA) is 84.2 Å². The summed E-state index contributed by atoms with van der Waals surface area (Å²) >= 11 is 0. The van der Waals surface area contributed by atoms with Crippen LogP contribution in [0.4, 0.5) is 11.4 Å². The largest absolute Gasteiger partial charge is 0.326 e. The van der Waals surface area contributed by atoms with Crippen LogP contribution in [-0.2, 0) is 9.59 Å². The van der Waals surface area contributed by atoms with E-state index in [1.54, 1.807) is 19.1 Å². The van der Waals surface area contributed by atoms with E-state index >= 15 is 0 Å². The third kappa shape index (κ3) is 5.06. The molecule has 0 aromatic heterocycles. The Kier molecular flexibility index (Phi) is 6.37. The maximum atomic E-state index is 12.3. The molecule has 5 nitrogen and oxygen atoms in total. The first-order chi connectivity index (χ1) is 11.4. The van der Waals surface area contributed by atoms with E-state index in [0.717, 1.165) is 32.1 Å². The maximum Gasteiger partial charge on any atom is 0.244 e. The van der Waals surface area contributed by atoms with Crippen LogP contribution in [0.2, 0.25) is 0 Å². The molecule has 5 heteroatoms. The lowest BCUT2D eigenvalue weighted by atomic mass is 9.88. The fraction of sp³-hybridized carbons (Fsp3) is 0.579. The number of benzene rings is 1. The molecule has 0 radical (unpaired) electrons. The lowest BCUT2D eigenvalue weighted by Gasteiger charge is -2.23. The van der Waals surface area contributed by atoms with E-state index in [4.69, 9.17) is 5.73 Å². The molecule has 1 aliphatic carbocycles. The average molecular weight is 331 g/mol. The third-order valence-corrected chi connectivity index (χ3v) is 4.65. The fourth-order valence-corrected chi connectivity index (χ4v) is 3.19. The van der Waals surface area contributed by atoms with Gasteiger partial charge in [-0.05, 0) is 44.4 Å². The molecule has 1 atom stereocenters. The summed E-state index contributed by atoms with van der Waals surface area (Å²) < 4.78 is 0. The van der Waals surface area contributed by atoms with Crippen LogP contribution >= 0.6 is 0 Å². The number of hydrogen-bond acceptors (Lipinski definition) is 3. The van der Waals surface area contributed by atoms with Crippen molar-refractivity contribution in [1.82, 2.24) is 0 Å². The first-order valence-corrected chi connectivity index (χ1v) is 8.93. The second kappa shape index (κ2) is 8.29. The van der Waals surface area contributed by atoms with Crippen LogP contribution in [-0.4, -0.2) is 17.4 Å². The van der Waals surface area contributed by atoms with Crippen molar-refractivity contribution in [2.75, 3.05) is 10.6 Å². The quantitative estimate of drug-likeness (QED) is 0.743. The zero-order chi connectivity index (χ0) is 17.6. The standard InChI is InChI=1S/C19H29N3O2/c1-3-12-19(2,20)18(24)22-16-11-7-10-15(13-16)21-17(23)14-8-5-4-6-9-14/h7,10-11,13-14H,3-6,8-9,12,20H2,1-2H3,(H,21,23)(H,22,24). The second-order valence-electron chi connectivity index (χ2n) is 7.03. The van der Waals surface area contributed by atoms with Crippen molar-refractivity contribution in [3.8, 4) is 0 Å². The van der Waals surface area contributed by atoms with Gasteiger partial charge in [-0.3, -0.25) is 9.59 Å². The van der Waals surface area contributed by atoms with E-state index in [0.29, 0.717) is 17.8 Å². The molecule has 24 heavy (non-hydrogen) atoms. The molecule has 2 amide bonds. The van der Waals surface area contributed by atoms with E-state index in [-0.39, 0.29) is 17.7 Å². The van der Waals surface area contributed by atoms with Gasteiger partial charge in [0.05, 0.1) is 5.54 Å². The monoisotopic (exact) mass is 331 g/mol. The lowest BCUT2D eigenvalue weighted by Crippen LogP contribution is -2.48. The predicted molar refractivity (Wildman–Crippen MR) is 97.8 cm³/mol. The number of nitrogens with one attached hydrogen (secondary N) is 2. The number of hydrogen-bond donors (Lipinski definition) is 3. The van der Waals surface area contributed by atoms with Crippen LogP contribution in [0.25, 0.3) is 0 Å². The van der Waals surface area contributed by atoms with E-state index < -0.39 is 5.54 Å². The van der Waals surface area contributed by atoms with E-state index in [2.05, 4.69) is 10.6 Å². The number of carbonyl (C=O) groups is 2. The molecule has 0 heterocycles. The first-order valence-electron chi connectivity index (χ1n) is 8.93. The van der Waals surface area contributed by atoms with Gasteiger partial charge in [0.2, 0.25) is 11.8 Å². The maximum absolute atomic E-state index is 12.3. The van der Waals surface area contributed by atoms with E-state index in [9.17, 15) is 9.59 Å². The summed E-state index contributed by atoms with van der Waals surface area (Å²) in [5, 5.41) is 5.81. The Bertz CT molecular complexity index is 578. The molecule has 1 unspecified atom stereocenters. The molecule has 0 bridgehead atoms. The molecular weight excluding hydrogens is 302 g/mol. The van der Waals surface area contributed by atoms with Gasteiger partial charge < -0.3 is 16.4 Å². The number of rotatable bonds is 6. The molecule has 1 saturated carbocycles. The van der Waals surface area contributed by atoms with Gasteiger partial charge in [-0.15, -0.1) is 0 Å². The molecule has 132 valence electrons. The lowest BCUT2D eigenvalue weighted by molar-refractivity contribution is -0.121. The number of anilines is 2. The number of nitrogens with two attached hydrogens (primary N) is 1. The summed E-state index contributed by atoms with van der Waals surface area (Å²) in [6.07, 6.45) is 6.87. The van der Waals surface area contributed by atoms with Crippen LogP contribution < -0.4 is 16.4 Å². The fourth-order valence-electron chi connectivity index (χ4n) is 3.19. The van der Waals surface area contributed by atoms with Crippen molar-refractivity contribution >= 4 is 23.2 Å². The highest BCUT2D eigenvalue weighted by molar-refractivity contribution is 5.98. The molecule has 1 aromatic rings. The number of amides is 2. The molecule has 4 N–H and O–H groups in total. The molecule has 2 rings (SSSR count). The van der Waals surface area contributed by atoms with Crippen LogP contribution in [0.3, 0.4) is 0 Å². The Morgan fingerprint density at radius 1 is 1.17 bits per heavy atom. The SMILES string of the molecule is CCCC(C)(N)C(=O)Nc1cccc(NC(=O)C2CCCCC2)c1. The Morgan fingerprint density at radius 2 is 1.79 bits per heavy atom. The summed E-state index contributed by atoms with van der Waals surface area (Å²) in [7, 11) is 0. The minimum Gasteiger partial charge on any atom is -0.326 e. The van der Waals surface area contributed by atoms with Crippen molar-refractivity contribution < 1.29 is 9.59 Å². The Balaban J connectivity index is 1.98. The Hall–Kier alpha value is -1.88. The molecule has 0 saturated heterocycles. The normalized spacial score (nSPS) is 17.8. The van der Waals surface area contributed by atoms with E-state index in [1.165, 1.54) is 6.42 Å². The van der Waals surface area contributed by atoms with Crippen LogP contribution in [0.1, 0.15) is 58.8 Å². The Labute approximate surface area is 144 Å². The molecule has 0 spiro atoms. The van der Waals surface area contributed by atoms with Crippen molar-refractivity contribution in [2.45, 2.75) is 64.3 Å². The van der Waals surface area contributed by atoms with Gasteiger partial charge in [-0.1, -0.05) is 38.7 Å². The molecular formula is C19H29N3O2. The smallest absolute Gasteiger partial charge is 0.244 e. The Morgan fingerprint density at radius 3 is 2.42 bits per heavy atom. The zero-order valence-corrected chi connectivity index (χ0v) is 14.7. The van der Waals surface area contributed by atoms with Crippen molar-refractivity contribution in [3.05, 3.63) is 24.3 Å². The molecule has 1 fully saturated rings. The molecule has 1 aromatic carbocycles. The van der Waals surface area contributed by atoms with Crippen molar-refractivity contribution in [3.63, 3.8) is 0 Å². The highest BCUT2D eigenvalue weighted by Gasteiger charge is 2.27. The predicted octanol–water partition coefficient (Wildman–Crippen LogP) is 3.66. The summed E-state index contributed by atoms with van der Waals surface area (Å²) in [6.45, 7) is 3.74. The van der Waals surface area contributed by atoms with Gasteiger partial charge in [0.25, 0.3) is 0 Å². The van der Waals surface area contributed by atoms with Crippen LogP contribution in [0.15, 0.2) is 24.3 Å². The van der Waals surface area contributed by atoms with E-state index in [1.807, 2.05) is 19.1 Å². The highest BCUT2D eigenvalue weighted by atomic mass is 16.2. The van der Waals surface area contributed by atoms with Gasteiger partial charge >= 0.3 is 0 Å². The van der Waals surface area contributed by atoms with Crippen LogP contribution in [0, 0.1) is 5.92 Å². The summed E-state index contributed by atoms with van der Waals surface area (Å²) in [4.78, 5) is 24.6. The summed E-state index contributed by atoms with van der Waals surface area (Å²) in [5.74, 6) is -0.0261. The minimum absolute atomic E-state index is 0.0767. The molecule has 0 aliphatic heterocycles. The van der Waals surface area contributed by atoms with Gasteiger partial charge in [0, 0.05) is 17.3 Å². The average Bonchev–Trinajstić information content (AvgIpc) is 2.56. The zero-order valence-electron chi connectivity index (χ0n) is 14.7. The van der Waals surface area contributed by atoms with Gasteiger partial charge in [0.1, 0.15) is 0 Å². The molecule has 1 aliphatic rings. The minimum atomic E-state index is -0.893. The summed E-state index contributed by atoms with van der Waals surface area (Å²) in [5.41, 5.74) is 6.51. The third-order valence-electron chi connectivity index (χ3n) is 4.65. The first kappa shape index (κ1) is 18.5. The second-order valence-corrected chi connectivity index (χ2v) is 7.03. The van der Waals surface area contributed by atoms with Crippen LogP contribution in [0.5, 0.6) is 0 Å². The van der Waals surface area contributed by atoms with Crippen molar-refractivity contribution in [2.24, 2.45) is 11.7 Å². The van der Waals surface area contributed by atoms with Gasteiger partial charge in [-0.25, -0.2) is 0 Å². The number of carbonyl (C=O) groups excluding carboxylic acids is 2. The van der Waals surface area contributed by atoms with Crippen molar-refractivity contribution in [1.29, 1.82) is 0 Å². The van der Waals surface area contributed by atoms with Gasteiger partial charge in [0.15, 0.2) is 0 Å². The van der Waals surface area contributed by atoms with Gasteiger partial charge in [-0.2, -0.15) is 0 Å².